The molecule has 2 nitrogen and oxygen atoms in total. The van der Waals surface area contributed by atoms with Crippen LogP contribution in [0.2, 0.25) is 0 Å². The highest BCUT2D eigenvalue weighted by Crippen LogP contribution is 2.11. The third kappa shape index (κ3) is 2.50. The maximum Gasteiger partial charge on any atom is 0.187 e. The average Bonchev–Trinajstić information content (AvgIpc) is 2.80. The zero-order chi connectivity index (χ0) is 10.5. The van der Waals surface area contributed by atoms with Crippen LogP contribution in [0.1, 0.15) is 18.2 Å². The van der Waals surface area contributed by atoms with Crippen LogP contribution < -0.4 is 0 Å². The average molecular weight is 200 g/mol. The minimum atomic E-state index is -0.00380. The van der Waals surface area contributed by atoms with Gasteiger partial charge in [-0.25, -0.2) is 0 Å². The summed E-state index contributed by atoms with van der Waals surface area (Å²) in [6.45, 7) is 0. The number of nitrogens with zero attached hydrogens (tertiary/aromatic N) is 1. The maximum absolute atomic E-state index is 11.6. The maximum atomic E-state index is 11.6. The first-order valence-electron chi connectivity index (χ1n) is 4.84. The molecule has 1 heterocycles. The number of ketones is 1. The van der Waals surface area contributed by atoms with E-state index in [2.05, 4.69) is 11.1 Å². The van der Waals surface area contributed by atoms with Crippen LogP contribution in [0.25, 0.3) is 0 Å². The lowest BCUT2D eigenvalue weighted by Gasteiger charge is -1.94. The Morgan fingerprint density at radius 3 is 3.13 bits per heavy atom. The number of allylic oxidation sites excluding steroid dienone is 6. The topological polar surface area (TPSA) is 30.0 Å². The van der Waals surface area contributed by atoms with Crippen molar-refractivity contribution >= 4 is 5.78 Å². The van der Waals surface area contributed by atoms with Gasteiger partial charge in [-0.05, 0) is 30.2 Å². The molecule has 1 aromatic heterocycles. The summed E-state index contributed by atoms with van der Waals surface area (Å²) in [4.78, 5) is 15.5. The Kier molecular flexibility index (Phi) is 2.88. The van der Waals surface area contributed by atoms with Crippen molar-refractivity contribution in [2.75, 3.05) is 0 Å². The Morgan fingerprint density at radius 1 is 1.53 bits per heavy atom. The van der Waals surface area contributed by atoms with Gasteiger partial charge >= 0.3 is 0 Å². The van der Waals surface area contributed by atoms with Gasteiger partial charge in [0.1, 0.15) is 0 Å². The van der Waals surface area contributed by atoms with Crippen molar-refractivity contribution < 1.29 is 6.22 Å². The molecule has 1 aromatic rings. The predicted octanol–water partition coefficient (Wildman–Crippen LogP) is 2.95. The van der Waals surface area contributed by atoms with Crippen molar-refractivity contribution in [1.82, 2.24) is 4.98 Å². The van der Waals surface area contributed by atoms with Gasteiger partial charge in [0.2, 0.25) is 0 Å². The molecule has 2 rings (SSSR count). The van der Waals surface area contributed by atoms with Crippen LogP contribution in [0.4, 0.5) is 0 Å². The summed E-state index contributed by atoms with van der Waals surface area (Å²) in [5, 5.41) is 0. The Hall–Kier alpha value is -1.96. The van der Waals surface area contributed by atoms with E-state index in [-0.39, 0.29) is 7.21 Å². The van der Waals surface area contributed by atoms with Crippen LogP contribution in [0.5, 0.6) is 0 Å². The van der Waals surface area contributed by atoms with E-state index in [4.69, 9.17) is 0 Å². The molecule has 0 aromatic carbocycles. The van der Waals surface area contributed by atoms with Gasteiger partial charge in [-0.2, -0.15) is 0 Å². The molecule has 0 bridgehead atoms. The lowest BCUT2D eigenvalue weighted by Crippen LogP contribution is -1.94. The summed E-state index contributed by atoms with van der Waals surface area (Å²) >= 11 is 0. The van der Waals surface area contributed by atoms with Crippen LogP contribution in [-0.4, -0.2) is 10.8 Å². The Labute approximate surface area is 90.1 Å². The van der Waals surface area contributed by atoms with E-state index in [9.17, 15) is 4.79 Å². The summed E-state index contributed by atoms with van der Waals surface area (Å²) in [5.74, 6) is -0.00380. The minimum Gasteiger partial charge on any atom is -0.289 e. The van der Waals surface area contributed by atoms with Crippen LogP contribution >= 0.6 is 0 Å². The van der Waals surface area contributed by atoms with E-state index in [1.54, 1.807) is 30.6 Å². The molecular weight excluding hydrogens is 186 g/mol. The number of hydrogen-bond acceptors (Lipinski definition) is 2. The quantitative estimate of drug-likeness (QED) is 0.554. The summed E-state index contributed by atoms with van der Waals surface area (Å²) in [5.41, 5.74) is 1.78. The SMILES string of the molecule is O=C(/C=C/C1=CC=CC1)c1cccnc1.[2HH]. The first-order chi connectivity index (χ1) is 7.36. The largest absolute Gasteiger partial charge is 0.289 e. The molecule has 2 heteroatoms. The van der Waals surface area contributed by atoms with Crippen molar-refractivity contribution in [2.45, 2.75) is 6.42 Å². The highest BCUT2D eigenvalue weighted by atomic mass is 16.1. The van der Waals surface area contributed by atoms with E-state index in [0.29, 0.717) is 5.56 Å². The second-order valence-corrected chi connectivity index (χ2v) is 3.31. The van der Waals surface area contributed by atoms with Crippen LogP contribution in [0, 0.1) is 0 Å². The van der Waals surface area contributed by atoms with Gasteiger partial charge in [-0.3, -0.25) is 9.78 Å². The van der Waals surface area contributed by atoms with Crippen molar-refractivity contribution in [1.29, 1.82) is 0 Å². The van der Waals surface area contributed by atoms with Crippen molar-refractivity contribution in [3.63, 3.8) is 0 Å². The third-order valence-electron chi connectivity index (χ3n) is 2.19. The highest BCUT2D eigenvalue weighted by Gasteiger charge is 2.01. The smallest absolute Gasteiger partial charge is 0.187 e. The van der Waals surface area contributed by atoms with E-state index >= 15 is 0 Å². The Bertz CT molecular complexity index is 446. The summed E-state index contributed by atoms with van der Waals surface area (Å²) in [6, 6.07) is 3.53. The first kappa shape index (κ1) is 9.59. The van der Waals surface area contributed by atoms with Crippen LogP contribution in [0.15, 0.2) is 60.5 Å². The van der Waals surface area contributed by atoms with Crippen LogP contribution in [0.3, 0.4) is 0 Å². The minimum absolute atomic E-state index is 0. The second kappa shape index (κ2) is 4.51. The highest BCUT2D eigenvalue weighted by molar-refractivity contribution is 6.04. The Morgan fingerprint density at radius 2 is 2.47 bits per heavy atom. The van der Waals surface area contributed by atoms with Gasteiger partial charge in [0.25, 0.3) is 0 Å². The van der Waals surface area contributed by atoms with Gasteiger partial charge in [0, 0.05) is 19.4 Å². The Balaban J connectivity index is 0.00000128. The molecule has 0 amide bonds. The molecule has 0 unspecified atom stereocenters. The normalized spacial score (nSPS) is 14.5. The molecule has 15 heavy (non-hydrogen) atoms. The van der Waals surface area contributed by atoms with Crippen molar-refractivity contribution in [3.05, 3.63) is 66.0 Å². The lowest BCUT2D eigenvalue weighted by atomic mass is 10.1. The lowest BCUT2D eigenvalue weighted by molar-refractivity contribution is 0.104. The van der Waals surface area contributed by atoms with Gasteiger partial charge in [0.15, 0.2) is 5.78 Å². The van der Waals surface area contributed by atoms with E-state index in [1.165, 1.54) is 0 Å². The molecule has 0 atom stereocenters. The molecular formula is C13H13NO. The van der Waals surface area contributed by atoms with Crippen molar-refractivity contribution in [3.8, 4) is 0 Å². The summed E-state index contributed by atoms with van der Waals surface area (Å²) < 4.78 is 0. The standard InChI is InChI=1S/C13H11NO.H2/c15-13(12-6-3-9-14-10-12)8-7-11-4-1-2-5-11;/h1-4,6-10H,5H2;1H/b8-7+;/i;1+1. The van der Waals surface area contributed by atoms with Gasteiger partial charge < -0.3 is 0 Å². The molecule has 0 radical (unpaired) electrons. The number of carbonyl (C=O) groups excluding carboxylic acids is 1. The van der Waals surface area contributed by atoms with Gasteiger partial charge in [-0.1, -0.05) is 24.3 Å². The number of pyridine rings is 1. The molecule has 0 spiro atoms. The van der Waals surface area contributed by atoms with Gasteiger partial charge in [0.05, 0.1) is 0 Å². The van der Waals surface area contributed by atoms with E-state index in [1.807, 2.05) is 18.2 Å². The fraction of sp³-hybridized carbons (Fsp3) is 0.0769. The molecule has 1 aliphatic rings. The second-order valence-electron chi connectivity index (χ2n) is 3.31. The third-order valence-corrected chi connectivity index (χ3v) is 2.19. The van der Waals surface area contributed by atoms with E-state index < -0.39 is 0 Å². The predicted molar refractivity (Wildman–Crippen MR) is 61.7 cm³/mol. The van der Waals surface area contributed by atoms with Gasteiger partial charge in [-0.15, -0.1) is 0 Å². The number of hydrogen-bond donors (Lipinski definition) is 0. The first-order valence-corrected chi connectivity index (χ1v) is 4.84. The molecule has 1 aliphatic carbocycles. The van der Waals surface area contributed by atoms with Crippen LogP contribution in [-0.2, 0) is 0 Å². The molecule has 0 saturated heterocycles. The molecule has 0 N–H and O–H groups in total. The zero-order valence-corrected chi connectivity index (χ0v) is 8.26. The number of aromatic nitrogens is 1. The van der Waals surface area contributed by atoms with E-state index in [0.717, 1.165) is 12.0 Å². The number of carbonyl (C=O) groups is 1. The fourth-order valence-corrected chi connectivity index (χ4v) is 1.37. The zero-order valence-electron chi connectivity index (χ0n) is 8.26. The molecule has 0 fully saturated rings. The molecule has 0 aliphatic heterocycles. The molecule has 76 valence electrons. The summed E-state index contributed by atoms with van der Waals surface area (Å²) in [7, 11) is 0. The summed E-state index contributed by atoms with van der Waals surface area (Å²) in [6.07, 6.45) is 13.7. The fourth-order valence-electron chi connectivity index (χ4n) is 1.37. The monoisotopic (exact) mass is 200 g/mol. The number of rotatable bonds is 3. The molecule has 0 saturated carbocycles. The van der Waals surface area contributed by atoms with Crippen molar-refractivity contribution in [2.24, 2.45) is 0 Å².